The Labute approximate surface area is 73.2 Å². The van der Waals surface area contributed by atoms with Gasteiger partial charge in [-0.05, 0) is 6.07 Å². The van der Waals surface area contributed by atoms with Gasteiger partial charge in [-0.3, -0.25) is 0 Å². The molecular weight excluding hydrogens is 173 g/mol. The number of hydrogen-bond donors (Lipinski definition) is 1. The van der Waals surface area contributed by atoms with Crippen molar-refractivity contribution in [3.8, 4) is 11.3 Å². The van der Waals surface area contributed by atoms with Crippen molar-refractivity contribution < 1.29 is 8.91 Å². The van der Waals surface area contributed by atoms with Gasteiger partial charge in [0, 0.05) is 6.07 Å². The van der Waals surface area contributed by atoms with Crippen LogP contribution in [0.5, 0.6) is 0 Å². The van der Waals surface area contributed by atoms with E-state index >= 15 is 0 Å². The third-order valence-corrected chi connectivity index (χ3v) is 1.59. The van der Waals surface area contributed by atoms with Crippen LogP contribution in [0.15, 0.2) is 29.0 Å². The molecule has 2 aromatic heterocycles. The Balaban J connectivity index is 2.57. The number of nitrogens with two attached hydrogens (primary N) is 1. The molecule has 0 saturated heterocycles. The van der Waals surface area contributed by atoms with Crippen LogP contribution in [0, 0.1) is 5.82 Å². The van der Waals surface area contributed by atoms with Gasteiger partial charge in [0.2, 0.25) is 0 Å². The van der Waals surface area contributed by atoms with Crippen molar-refractivity contribution >= 4 is 5.82 Å². The summed E-state index contributed by atoms with van der Waals surface area (Å²) in [7, 11) is 0. The summed E-state index contributed by atoms with van der Waals surface area (Å²) in [4.78, 5) is 3.65. The summed E-state index contributed by atoms with van der Waals surface area (Å²) in [6.45, 7) is 0. The fourth-order valence-electron chi connectivity index (χ4n) is 1.00. The van der Waals surface area contributed by atoms with Crippen molar-refractivity contribution in [2.45, 2.75) is 0 Å². The first kappa shape index (κ1) is 7.72. The number of aromatic nitrogens is 2. The zero-order valence-electron chi connectivity index (χ0n) is 6.57. The number of anilines is 1. The zero-order chi connectivity index (χ0) is 9.26. The van der Waals surface area contributed by atoms with Crippen LogP contribution < -0.4 is 5.73 Å². The lowest BCUT2D eigenvalue weighted by Gasteiger charge is -1.99. The Kier molecular flexibility index (Phi) is 1.70. The van der Waals surface area contributed by atoms with Crippen LogP contribution in [0.3, 0.4) is 0 Å². The molecule has 2 heterocycles. The molecule has 5 heteroatoms. The van der Waals surface area contributed by atoms with E-state index in [4.69, 9.17) is 10.3 Å². The maximum Gasteiger partial charge on any atom is 0.170 e. The summed E-state index contributed by atoms with van der Waals surface area (Å²) in [5, 5.41) is 3.49. The average molecular weight is 179 g/mol. The number of rotatable bonds is 1. The summed E-state index contributed by atoms with van der Waals surface area (Å²) < 4.78 is 17.6. The Morgan fingerprint density at radius 3 is 3.00 bits per heavy atom. The molecule has 2 N–H and O–H groups in total. The fraction of sp³-hybridized carbons (Fsp3) is 0. The predicted octanol–water partition coefficient (Wildman–Crippen LogP) is 1.46. The van der Waals surface area contributed by atoms with Crippen molar-refractivity contribution in [1.29, 1.82) is 0 Å². The van der Waals surface area contributed by atoms with E-state index in [0.717, 1.165) is 6.20 Å². The molecule has 0 atom stereocenters. The van der Waals surface area contributed by atoms with Crippen molar-refractivity contribution in [3.05, 3.63) is 30.3 Å². The van der Waals surface area contributed by atoms with E-state index in [1.807, 2.05) is 0 Å². The molecule has 2 rings (SSSR count). The van der Waals surface area contributed by atoms with Crippen LogP contribution in [-0.4, -0.2) is 10.1 Å². The monoisotopic (exact) mass is 179 g/mol. The van der Waals surface area contributed by atoms with Crippen LogP contribution in [0.25, 0.3) is 11.3 Å². The van der Waals surface area contributed by atoms with Crippen molar-refractivity contribution in [3.63, 3.8) is 0 Å². The van der Waals surface area contributed by atoms with Crippen LogP contribution >= 0.6 is 0 Å². The molecule has 0 saturated carbocycles. The van der Waals surface area contributed by atoms with E-state index in [0.29, 0.717) is 11.3 Å². The highest BCUT2D eigenvalue weighted by atomic mass is 19.1. The van der Waals surface area contributed by atoms with E-state index in [9.17, 15) is 4.39 Å². The molecule has 0 aliphatic carbocycles. The van der Waals surface area contributed by atoms with Crippen LogP contribution in [0.2, 0.25) is 0 Å². The standard InChI is InChI=1S/C8H6FN3O/c9-5-3-6(8(10)11-4-5)7-1-2-12-13-7/h1-4H,(H2,10,11). The van der Waals surface area contributed by atoms with Gasteiger partial charge in [-0.1, -0.05) is 5.16 Å². The summed E-state index contributed by atoms with van der Waals surface area (Å²) in [5.41, 5.74) is 5.93. The molecule has 66 valence electrons. The zero-order valence-corrected chi connectivity index (χ0v) is 6.57. The maximum atomic E-state index is 12.8. The summed E-state index contributed by atoms with van der Waals surface area (Å²) in [6.07, 6.45) is 2.51. The topological polar surface area (TPSA) is 64.9 Å². The number of nitrogen functional groups attached to an aromatic ring is 1. The number of halogens is 1. The molecule has 0 fully saturated rings. The summed E-state index contributed by atoms with van der Waals surface area (Å²) >= 11 is 0. The van der Waals surface area contributed by atoms with Crippen LogP contribution in [-0.2, 0) is 0 Å². The van der Waals surface area contributed by atoms with Gasteiger partial charge in [0.15, 0.2) is 5.76 Å². The predicted molar refractivity (Wildman–Crippen MR) is 44.1 cm³/mol. The van der Waals surface area contributed by atoms with Crippen molar-refractivity contribution in [2.24, 2.45) is 0 Å². The first-order valence-corrected chi connectivity index (χ1v) is 3.59. The number of pyridine rings is 1. The van der Waals surface area contributed by atoms with E-state index in [1.165, 1.54) is 12.3 Å². The Bertz CT molecular complexity index is 413. The summed E-state index contributed by atoms with van der Waals surface area (Å²) in [6, 6.07) is 2.84. The smallest absolute Gasteiger partial charge is 0.170 e. The minimum absolute atomic E-state index is 0.221. The lowest BCUT2D eigenvalue weighted by Crippen LogP contribution is -1.94. The lowest BCUT2D eigenvalue weighted by atomic mass is 10.2. The third-order valence-electron chi connectivity index (χ3n) is 1.59. The number of hydrogen-bond acceptors (Lipinski definition) is 4. The third kappa shape index (κ3) is 1.35. The molecule has 0 unspecified atom stereocenters. The van der Waals surface area contributed by atoms with Gasteiger partial charge in [-0.25, -0.2) is 9.37 Å². The van der Waals surface area contributed by atoms with Gasteiger partial charge in [0.25, 0.3) is 0 Å². The Morgan fingerprint density at radius 1 is 1.46 bits per heavy atom. The Morgan fingerprint density at radius 2 is 2.31 bits per heavy atom. The Hall–Kier alpha value is -1.91. The molecular formula is C8H6FN3O. The molecule has 0 bridgehead atoms. The SMILES string of the molecule is Nc1ncc(F)cc1-c1ccno1. The first-order chi connectivity index (χ1) is 6.27. The summed E-state index contributed by atoms with van der Waals surface area (Å²) in [5.74, 6) is 0.170. The average Bonchev–Trinajstić information content (AvgIpc) is 2.61. The molecule has 13 heavy (non-hydrogen) atoms. The fourth-order valence-corrected chi connectivity index (χ4v) is 1.00. The van der Waals surface area contributed by atoms with E-state index in [1.54, 1.807) is 6.07 Å². The van der Waals surface area contributed by atoms with Gasteiger partial charge >= 0.3 is 0 Å². The highest BCUT2D eigenvalue weighted by Gasteiger charge is 2.08. The van der Waals surface area contributed by atoms with Crippen molar-refractivity contribution in [1.82, 2.24) is 10.1 Å². The molecule has 2 aromatic rings. The van der Waals surface area contributed by atoms with Gasteiger partial charge < -0.3 is 10.3 Å². The second-order valence-electron chi connectivity index (χ2n) is 2.46. The van der Waals surface area contributed by atoms with Crippen LogP contribution in [0.1, 0.15) is 0 Å². The number of nitrogens with zero attached hydrogens (tertiary/aromatic N) is 2. The molecule has 0 aliphatic rings. The molecule has 0 aliphatic heterocycles. The van der Waals surface area contributed by atoms with Crippen molar-refractivity contribution in [2.75, 3.05) is 5.73 Å². The van der Waals surface area contributed by atoms with Gasteiger partial charge in [-0.15, -0.1) is 0 Å². The molecule has 0 aromatic carbocycles. The van der Waals surface area contributed by atoms with E-state index in [-0.39, 0.29) is 5.82 Å². The minimum atomic E-state index is -0.458. The van der Waals surface area contributed by atoms with Gasteiger partial charge in [0.05, 0.1) is 18.0 Å². The highest BCUT2D eigenvalue weighted by Crippen LogP contribution is 2.23. The highest BCUT2D eigenvalue weighted by molar-refractivity contribution is 5.68. The molecule has 0 spiro atoms. The molecule has 4 nitrogen and oxygen atoms in total. The van der Waals surface area contributed by atoms with E-state index < -0.39 is 5.82 Å². The van der Waals surface area contributed by atoms with Gasteiger partial charge in [-0.2, -0.15) is 0 Å². The molecule has 0 amide bonds. The second-order valence-corrected chi connectivity index (χ2v) is 2.46. The van der Waals surface area contributed by atoms with E-state index in [2.05, 4.69) is 10.1 Å². The lowest BCUT2D eigenvalue weighted by molar-refractivity contribution is 0.432. The van der Waals surface area contributed by atoms with Crippen LogP contribution in [0.4, 0.5) is 10.2 Å². The normalized spacial score (nSPS) is 10.2. The molecule has 0 radical (unpaired) electrons. The minimum Gasteiger partial charge on any atom is -0.383 e. The largest absolute Gasteiger partial charge is 0.383 e. The first-order valence-electron chi connectivity index (χ1n) is 3.59. The maximum absolute atomic E-state index is 12.8. The van der Waals surface area contributed by atoms with Gasteiger partial charge in [0.1, 0.15) is 11.6 Å². The second kappa shape index (κ2) is 2.85. The quantitative estimate of drug-likeness (QED) is 0.719.